The lowest BCUT2D eigenvalue weighted by Gasteiger charge is -2.07. The van der Waals surface area contributed by atoms with Crippen LogP contribution in [0.3, 0.4) is 0 Å². The quantitative estimate of drug-likeness (QED) is 0.918. The fourth-order valence-electron chi connectivity index (χ4n) is 1.91. The van der Waals surface area contributed by atoms with Gasteiger partial charge in [-0.15, -0.1) is 0 Å². The van der Waals surface area contributed by atoms with Gasteiger partial charge in [0, 0.05) is 16.7 Å². The number of benzene rings is 1. The van der Waals surface area contributed by atoms with Crippen molar-refractivity contribution in [3.8, 4) is 0 Å². The minimum Gasteiger partial charge on any atom is -0.478 e. The van der Waals surface area contributed by atoms with E-state index in [0.29, 0.717) is 16.9 Å². The van der Waals surface area contributed by atoms with Crippen LogP contribution >= 0.6 is 11.8 Å². The van der Waals surface area contributed by atoms with Crippen LogP contribution in [-0.4, -0.2) is 31.0 Å². The molecular weight excluding hydrogens is 272 g/mol. The fraction of sp³-hybridized carbons (Fsp3) is 0.250. The third kappa shape index (κ3) is 2.18. The van der Waals surface area contributed by atoms with Crippen LogP contribution in [0.5, 0.6) is 0 Å². The van der Waals surface area contributed by atoms with E-state index < -0.39 is 15.8 Å². The molecule has 0 unspecified atom stereocenters. The normalized spacial score (nSPS) is 16.2. The van der Waals surface area contributed by atoms with E-state index in [1.165, 1.54) is 23.6 Å². The zero-order chi connectivity index (χ0) is 13.3. The lowest BCUT2D eigenvalue weighted by Crippen LogP contribution is -2.04. The van der Waals surface area contributed by atoms with Crippen molar-refractivity contribution in [3.05, 3.63) is 34.7 Å². The maximum Gasteiger partial charge on any atom is 0.336 e. The SMILES string of the molecule is CCSCC1=CS(=O)(=O)c2cccc(C(=O)O)c21. The Morgan fingerprint density at radius 2 is 2.11 bits per heavy atom. The van der Waals surface area contributed by atoms with Gasteiger partial charge in [-0.25, -0.2) is 13.2 Å². The van der Waals surface area contributed by atoms with Gasteiger partial charge in [-0.05, 0) is 23.5 Å². The predicted octanol–water partition coefficient (Wildman–Crippen LogP) is 2.27. The van der Waals surface area contributed by atoms with Crippen LogP contribution in [0, 0.1) is 0 Å². The average Bonchev–Trinajstić information content (AvgIpc) is 2.58. The number of carboxylic acid groups (broad SMARTS) is 1. The molecule has 1 aromatic carbocycles. The number of carboxylic acids is 1. The van der Waals surface area contributed by atoms with Gasteiger partial charge in [0.1, 0.15) is 0 Å². The summed E-state index contributed by atoms with van der Waals surface area (Å²) in [5.41, 5.74) is 0.984. The first-order chi connectivity index (χ1) is 8.47. The second kappa shape index (κ2) is 4.78. The van der Waals surface area contributed by atoms with Crippen molar-refractivity contribution in [3.63, 3.8) is 0 Å². The Hall–Kier alpha value is -1.27. The van der Waals surface area contributed by atoms with Crippen molar-refractivity contribution < 1.29 is 18.3 Å². The van der Waals surface area contributed by atoms with Gasteiger partial charge in [-0.2, -0.15) is 11.8 Å². The maximum absolute atomic E-state index is 11.9. The van der Waals surface area contributed by atoms with E-state index in [4.69, 9.17) is 5.11 Å². The summed E-state index contributed by atoms with van der Waals surface area (Å²) in [5, 5.41) is 10.3. The van der Waals surface area contributed by atoms with E-state index in [-0.39, 0.29) is 10.5 Å². The average molecular weight is 284 g/mol. The second-order valence-corrected chi connectivity index (χ2v) is 6.85. The van der Waals surface area contributed by atoms with Crippen LogP contribution in [0.1, 0.15) is 22.8 Å². The van der Waals surface area contributed by atoms with E-state index in [9.17, 15) is 13.2 Å². The summed E-state index contributed by atoms with van der Waals surface area (Å²) in [4.78, 5) is 11.3. The smallest absolute Gasteiger partial charge is 0.336 e. The lowest BCUT2D eigenvalue weighted by molar-refractivity contribution is 0.0696. The monoisotopic (exact) mass is 284 g/mol. The third-order valence-electron chi connectivity index (χ3n) is 2.64. The highest BCUT2D eigenvalue weighted by atomic mass is 32.2. The molecule has 0 saturated carbocycles. The molecule has 96 valence electrons. The summed E-state index contributed by atoms with van der Waals surface area (Å²) in [6, 6.07) is 4.35. The summed E-state index contributed by atoms with van der Waals surface area (Å²) >= 11 is 1.56. The third-order valence-corrected chi connectivity index (χ3v) is 5.11. The Labute approximate surface area is 110 Å². The summed E-state index contributed by atoms with van der Waals surface area (Å²) in [6.07, 6.45) is 0. The van der Waals surface area contributed by atoms with Crippen molar-refractivity contribution >= 4 is 33.1 Å². The molecule has 0 atom stereocenters. The molecule has 0 radical (unpaired) electrons. The first-order valence-electron chi connectivity index (χ1n) is 5.37. The minimum absolute atomic E-state index is 0.0523. The molecule has 0 saturated heterocycles. The number of carbonyl (C=O) groups is 1. The van der Waals surface area contributed by atoms with Crippen LogP contribution in [0.2, 0.25) is 0 Å². The van der Waals surface area contributed by atoms with Crippen LogP contribution in [0.4, 0.5) is 0 Å². The van der Waals surface area contributed by atoms with Crippen molar-refractivity contribution in [2.24, 2.45) is 0 Å². The maximum atomic E-state index is 11.9. The molecule has 0 amide bonds. The molecule has 2 rings (SSSR count). The molecule has 0 aliphatic carbocycles. The molecule has 1 aliphatic heterocycles. The van der Waals surface area contributed by atoms with Gasteiger partial charge in [-0.3, -0.25) is 0 Å². The molecule has 0 spiro atoms. The Morgan fingerprint density at radius 1 is 1.39 bits per heavy atom. The van der Waals surface area contributed by atoms with Crippen LogP contribution in [0.25, 0.3) is 5.57 Å². The van der Waals surface area contributed by atoms with E-state index in [2.05, 4.69) is 0 Å². The molecule has 4 nitrogen and oxygen atoms in total. The van der Waals surface area contributed by atoms with Gasteiger partial charge in [0.2, 0.25) is 9.84 Å². The Kier molecular flexibility index (Phi) is 3.49. The van der Waals surface area contributed by atoms with Gasteiger partial charge in [0.25, 0.3) is 0 Å². The topological polar surface area (TPSA) is 71.4 Å². The molecule has 1 aromatic rings. The number of thioether (sulfide) groups is 1. The zero-order valence-electron chi connectivity index (χ0n) is 9.71. The Morgan fingerprint density at radius 3 is 2.72 bits per heavy atom. The van der Waals surface area contributed by atoms with Gasteiger partial charge >= 0.3 is 5.97 Å². The first-order valence-corrected chi connectivity index (χ1v) is 8.07. The minimum atomic E-state index is -3.48. The zero-order valence-corrected chi connectivity index (χ0v) is 11.3. The van der Waals surface area contributed by atoms with E-state index >= 15 is 0 Å². The summed E-state index contributed by atoms with van der Waals surface area (Å²) in [5.74, 6) is 0.256. The predicted molar refractivity (Wildman–Crippen MR) is 71.6 cm³/mol. The molecule has 6 heteroatoms. The van der Waals surface area contributed by atoms with Gasteiger partial charge in [0.15, 0.2) is 0 Å². The highest BCUT2D eigenvalue weighted by molar-refractivity contribution is 8.00. The van der Waals surface area contributed by atoms with Gasteiger partial charge in [0.05, 0.1) is 10.5 Å². The first kappa shape index (κ1) is 13.2. The molecule has 0 fully saturated rings. The molecule has 1 N–H and O–H groups in total. The Bertz CT molecular complexity index is 629. The van der Waals surface area contributed by atoms with E-state index in [1.807, 2.05) is 6.92 Å². The highest BCUT2D eigenvalue weighted by Crippen LogP contribution is 2.37. The number of fused-ring (bicyclic) bond motifs is 1. The van der Waals surface area contributed by atoms with Crippen molar-refractivity contribution in [2.75, 3.05) is 11.5 Å². The molecule has 18 heavy (non-hydrogen) atoms. The molecular formula is C12H12O4S2. The van der Waals surface area contributed by atoms with Gasteiger partial charge in [-0.1, -0.05) is 13.0 Å². The lowest BCUT2D eigenvalue weighted by atomic mass is 10.0. The number of hydrogen-bond donors (Lipinski definition) is 1. The largest absolute Gasteiger partial charge is 0.478 e. The molecule has 1 aliphatic rings. The standard InChI is InChI=1S/C12H12O4S2/c1-2-17-6-8-7-18(15,16)10-5-3-4-9(11(8)10)12(13)14/h3-5,7H,2,6H2,1H3,(H,13,14). The molecule has 0 aromatic heterocycles. The molecule has 0 bridgehead atoms. The Balaban J connectivity index is 2.62. The number of hydrogen-bond acceptors (Lipinski definition) is 4. The van der Waals surface area contributed by atoms with Crippen LogP contribution in [0.15, 0.2) is 28.5 Å². The fourth-order valence-corrected chi connectivity index (χ4v) is 4.16. The second-order valence-electron chi connectivity index (χ2n) is 3.81. The number of aromatic carboxylic acids is 1. The summed E-state index contributed by atoms with van der Waals surface area (Å²) in [7, 11) is -3.48. The van der Waals surface area contributed by atoms with Crippen molar-refractivity contribution in [1.29, 1.82) is 0 Å². The van der Waals surface area contributed by atoms with Crippen LogP contribution < -0.4 is 0 Å². The van der Waals surface area contributed by atoms with Crippen LogP contribution in [-0.2, 0) is 9.84 Å². The van der Waals surface area contributed by atoms with Crippen molar-refractivity contribution in [2.45, 2.75) is 11.8 Å². The number of sulfone groups is 1. The number of rotatable bonds is 4. The van der Waals surface area contributed by atoms with Crippen molar-refractivity contribution in [1.82, 2.24) is 0 Å². The summed E-state index contributed by atoms with van der Waals surface area (Å²) < 4.78 is 23.8. The van der Waals surface area contributed by atoms with E-state index in [1.54, 1.807) is 11.8 Å². The van der Waals surface area contributed by atoms with E-state index in [0.717, 1.165) is 5.75 Å². The summed E-state index contributed by atoms with van der Waals surface area (Å²) in [6.45, 7) is 1.97. The van der Waals surface area contributed by atoms with Gasteiger partial charge < -0.3 is 5.11 Å². The highest BCUT2D eigenvalue weighted by Gasteiger charge is 2.30. The molecule has 1 heterocycles.